The van der Waals surface area contributed by atoms with Crippen LogP contribution in [0.5, 0.6) is 0 Å². The molecule has 1 aromatic heterocycles. The third-order valence-corrected chi connectivity index (χ3v) is 7.04. The number of aromatic nitrogens is 1. The molecule has 1 aliphatic rings. The van der Waals surface area contributed by atoms with Gasteiger partial charge in [0, 0.05) is 26.3 Å². The molecule has 1 aromatic rings. The molecule has 24 heavy (non-hydrogen) atoms. The van der Waals surface area contributed by atoms with Crippen LogP contribution in [0.25, 0.3) is 0 Å². The van der Waals surface area contributed by atoms with Crippen molar-refractivity contribution in [2.45, 2.75) is 48.6 Å². The maximum Gasteiger partial charge on any atom is 0.244 e. The Morgan fingerprint density at radius 1 is 1.33 bits per heavy atom. The number of hydrogen-bond acceptors (Lipinski definition) is 5. The number of hydrogen-bond donors (Lipinski definition) is 1. The Morgan fingerprint density at radius 2 is 2.04 bits per heavy atom. The van der Waals surface area contributed by atoms with Gasteiger partial charge in [-0.3, -0.25) is 4.79 Å². The highest BCUT2D eigenvalue weighted by Gasteiger charge is 2.23. The van der Waals surface area contributed by atoms with Gasteiger partial charge in [-0.1, -0.05) is 31.5 Å². The van der Waals surface area contributed by atoms with Gasteiger partial charge in [0.1, 0.15) is 4.90 Å². The second-order valence-corrected chi connectivity index (χ2v) is 9.49. The van der Waals surface area contributed by atoms with Gasteiger partial charge < -0.3 is 5.32 Å². The van der Waals surface area contributed by atoms with Crippen LogP contribution < -0.4 is 5.32 Å². The zero-order chi connectivity index (χ0) is 17.7. The van der Waals surface area contributed by atoms with Crippen molar-refractivity contribution < 1.29 is 13.2 Å². The number of nitrogens with zero attached hydrogens (tertiary/aromatic N) is 2. The summed E-state index contributed by atoms with van der Waals surface area (Å²) < 4.78 is 25.1. The van der Waals surface area contributed by atoms with Gasteiger partial charge in [-0.15, -0.1) is 0 Å². The lowest BCUT2D eigenvalue weighted by Gasteiger charge is -2.29. The zero-order valence-corrected chi connectivity index (χ0v) is 16.0. The predicted octanol–water partition coefficient (Wildman–Crippen LogP) is 2.12. The Labute approximate surface area is 148 Å². The highest BCUT2D eigenvalue weighted by Crippen LogP contribution is 2.24. The molecule has 0 bridgehead atoms. The number of carbonyl (C=O) groups excluding carboxylic acids is 1. The molecule has 0 spiro atoms. The molecule has 1 fully saturated rings. The number of nitrogens with one attached hydrogen (secondary N) is 1. The van der Waals surface area contributed by atoms with Gasteiger partial charge in [-0.2, -0.15) is 0 Å². The van der Waals surface area contributed by atoms with E-state index in [2.05, 4.69) is 17.2 Å². The molecule has 0 saturated heterocycles. The SMILES string of the molecule is C[C@H]1CCCC[C@@H]1NC(=O)CSc1ccc(S(=O)(=O)N(C)C)cn1. The summed E-state index contributed by atoms with van der Waals surface area (Å²) in [5.74, 6) is 0.822. The van der Waals surface area contributed by atoms with Gasteiger partial charge in [0.25, 0.3) is 0 Å². The van der Waals surface area contributed by atoms with Crippen molar-refractivity contribution in [2.75, 3.05) is 19.8 Å². The summed E-state index contributed by atoms with van der Waals surface area (Å²) in [6.07, 6.45) is 5.97. The topological polar surface area (TPSA) is 79.4 Å². The Kier molecular flexibility index (Phi) is 6.65. The van der Waals surface area contributed by atoms with Crippen molar-refractivity contribution in [3.63, 3.8) is 0 Å². The van der Waals surface area contributed by atoms with E-state index >= 15 is 0 Å². The number of pyridine rings is 1. The average molecular weight is 372 g/mol. The maximum atomic E-state index is 12.1. The van der Waals surface area contributed by atoms with Gasteiger partial charge in [0.05, 0.1) is 10.8 Å². The van der Waals surface area contributed by atoms with Crippen LogP contribution in [-0.2, 0) is 14.8 Å². The van der Waals surface area contributed by atoms with Gasteiger partial charge >= 0.3 is 0 Å². The minimum absolute atomic E-state index is 0.00513. The molecule has 2 atom stereocenters. The van der Waals surface area contributed by atoms with E-state index in [1.165, 1.54) is 57.4 Å². The first kappa shape index (κ1) is 19.2. The van der Waals surface area contributed by atoms with E-state index in [0.717, 1.165) is 10.7 Å². The molecule has 0 aliphatic heterocycles. The fourth-order valence-electron chi connectivity index (χ4n) is 2.73. The lowest BCUT2D eigenvalue weighted by molar-refractivity contribution is -0.119. The van der Waals surface area contributed by atoms with Crippen LogP contribution in [0.4, 0.5) is 0 Å². The average Bonchev–Trinajstić information content (AvgIpc) is 2.55. The molecule has 1 saturated carbocycles. The van der Waals surface area contributed by atoms with Crippen molar-refractivity contribution >= 4 is 27.7 Å². The molecule has 134 valence electrons. The minimum Gasteiger partial charge on any atom is -0.352 e. The first-order chi connectivity index (χ1) is 11.3. The van der Waals surface area contributed by atoms with Crippen molar-refractivity contribution in [3.8, 4) is 0 Å². The summed E-state index contributed by atoms with van der Waals surface area (Å²) in [5, 5.41) is 3.74. The van der Waals surface area contributed by atoms with Crippen LogP contribution in [0, 0.1) is 5.92 Å². The van der Waals surface area contributed by atoms with E-state index in [9.17, 15) is 13.2 Å². The number of amides is 1. The molecule has 6 nitrogen and oxygen atoms in total. The molecular formula is C16H25N3O3S2. The summed E-state index contributed by atoms with van der Waals surface area (Å²) in [6.45, 7) is 2.18. The monoisotopic (exact) mass is 371 g/mol. The van der Waals surface area contributed by atoms with E-state index in [1.54, 1.807) is 6.07 Å². The lowest BCUT2D eigenvalue weighted by Crippen LogP contribution is -2.41. The molecule has 1 amide bonds. The number of carbonyl (C=O) groups is 1. The predicted molar refractivity (Wildman–Crippen MR) is 95.4 cm³/mol. The Morgan fingerprint density at radius 3 is 2.62 bits per heavy atom. The zero-order valence-electron chi connectivity index (χ0n) is 14.4. The summed E-state index contributed by atoms with van der Waals surface area (Å²) in [7, 11) is -0.506. The van der Waals surface area contributed by atoms with Crippen molar-refractivity contribution in [1.82, 2.24) is 14.6 Å². The quantitative estimate of drug-likeness (QED) is 0.775. The number of rotatable bonds is 6. The van der Waals surface area contributed by atoms with E-state index < -0.39 is 10.0 Å². The first-order valence-electron chi connectivity index (χ1n) is 8.11. The van der Waals surface area contributed by atoms with Gasteiger partial charge in [-0.25, -0.2) is 17.7 Å². The lowest BCUT2D eigenvalue weighted by atomic mass is 9.86. The Hall–Kier alpha value is -1.12. The highest BCUT2D eigenvalue weighted by atomic mass is 32.2. The summed E-state index contributed by atoms with van der Waals surface area (Å²) in [6, 6.07) is 3.43. The molecule has 1 aliphatic carbocycles. The number of thioether (sulfide) groups is 1. The molecule has 0 aromatic carbocycles. The normalized spacial score (nSPS) is 21.7. The van der Waals surface area contributed by atoms with E-state index in [0.29, 0.717) is 10.9 Å². The first-order valence-corrected chi connectivity index (χ1v) is 10.5. The van der Waals surface area contributed by atoms with E-state index in [-0.39, 0.29) is 22.6 Å². The van der Waals surface area contributed by atoms with E-state index in [1.807, 2.05) is 0 Å². The van der Waals surface area contributed by atoms with Gasteiger partial charge in [0.15, 0.2) is 0 Å². The van der Waals surface area contributed by atoms with Crippen molar-refractivity contribution in [1.29, 1.82) is 0 Å². The highest BCUT2D eigenvalue weighted by molar-refractivity contribution is 7.99. The van der Waals surface area contributed by atoms with Crippen molar-refractivity contribution in [2.24, 2.45) is 5.92 Å². The maximum absolute atomic E-state index is 12.1. The summed E-state index contributed by atoms with van der Waals surface area (Å²) in [4.78, 5) is 16.4. The standard InChI is InChI=1S/C16H25N3O3S2/c1-12-6-4-5-7-14(12)18-15(20)11-23-16-9-8-13(10-17-16)24(21,22)19(2)3/h8-10,12,14H,4-7,11H2,1-3H3,(H,18,20)/t12-,14-/m0/s1. The third-order valence-electron chi connectivity index (χ3n) is 4.30. The molecular weight excluding hydrogens is 346 g/mol. The molecule has 2 rings (SSSR count). The molecule has 8 heteroatoms. The van der Waals surface area contributed by atoms with Crippen molar-refractivity contribution in [3.05, 3.63) is 18.3 Å². The smallest absolute Gasteiger partial charge is 0.244 e. The summed E-state index contributed by atoms with van der Waals surface area (Å²) >= 11 is 1.31. The second-order valence-electron chi connectivity index (χ2n) is 6.34. The Bertz CT molecular complexity index is 660. The van der Waals surface area contributed by atoms with Gasteiger partial charge in [0.2, 0.25) is 15.9 Å². The van der Waals surface area contributed by atoms with Crippen LogP contribution in [0.1, 0.15) is 32.6 Å². The third kappa shape index (κ3) is 4.94. The van der Waals surface area contributed by atoms with Crippen LogP contribution in [0.15, 0.2) is 28.3 Å². The second kappa shape index (κ2) is 8.31. The van der Waals surface area contributed by atoms with Crippen LogP contribution >= 0.6 is 11.8 Å². The Balaban J connectivity index is 1.87. The summed E-state index contributed by atoms with van der Waals surface area (Å²) in [5.41, 5.74) is 0. The van der Waals surface area contributed by atoms with E-state index in [4.69, 9.17) is 0 Å². The fraction of sp³-hybridized carbons (Fsp3) is 0.625. The fourth-order valence-corrected chi connectivity index (χ4v) is 4.24. The van der Waals surface area contributed by atoms with Gasteiger partial charge in [-0.05, 0) is 30.9 Å². The number of sulfonamides is 1. The molecule has 1 N–H and O–H groups in total. The molecule has 0 radical (unpaired) electrons. The van der Waals surface area contributed by atoms with Crippen LogP contribution in [0.2, 0.25) is 0 Å². The van der Waals surface area contributed by atoms with Crippen LogP contribution in [0.3, 0.4) is 0 Å². The largest absolute Gasteiger partial charge is 0.352 e. The van der Waals surface area contributed by atoms with Crippen LogP contribution in [-0.4, -0.2) is 49.5 Å². The minimum atomic E-state index is -3.47. The molecule has 1 heterocycles. The molecule has 0 unspecified atom stereocenters.